The molecule has 64 valence electrons. The molecule has 0 aliphatic carbocycles. The Morgan fingerprint density at radius 3 is 2.50 bits per heavy atom. The minimum absolute atomic E-state index is 0.434. The van der Waals surface area contributed by atoms with Gasteiger partial charge in [0.05, 0.1) is 10.6 Å². The summed E-state index contributed by atoms with van der Waals surface area (Å²) in [6.07, 6.45) is 0. The first-order chi connectivity index (χ1) is 5.54. The van der Waals surface area contributed by atoms with Gasteiger partial charge in [-0.05, 0) is 46.1 Å². The first kappa shape index (κ1) is 10.0. The lowest BCUT2D eigenvalue weighted by Crippen LogP contribution is -1.95. The van der Waals surface area contributed by atoms with Crippen molar-refractivity contribution in [2.45, 2.75) is 6.92 Å². The number of halogens is 3. The normalized spacial score (nSPS) is 10.0. The molecule has 0 aromatic heterocycles. The Bertz CT molecular complexity index is 336. The molecule has 0 aliphatic heterocycles. The van der Waals surface area contributed by atoms with E-state index in [2.05, 4.69) is 15.9 Å². The molecular weight excluding hydrogens is 263 g/mol. The van der Waals surface area contributed by atoms with E-state index in [1.54, 1.807) is 19.1 Å². The van der Waals surface area contributed by atoms with Gasteiger partial charge >= 0.3 is 0 Å². The second kappa shape index (κ2) is 3.77. The van der Waals surface area contributed by atoms with Crippen molar-refractivity contribution >= 4 is 44.4 Å². The van der Waals surface area contributed by atoms with E-state index >= 15 is 0 Å². The summed E-state index contributed by atoms with van der Waals surface area (Å²) >= 11 is 14.3. The minimum Gasteiger partial charge on any atom is -0.276 e. The predicted octanol–water partition coefficient (Wildman–Crippen LogP) is 3.79. The van der Waals surface area contributed by atoms with Crippen molar-refractivity contribution in [3.63, 3.8) is 0 Å². The van der Waals surface area contributed by atoms with Crippen LogP contribution in [-0.4, -0.2) is 5.24 Å². The van der Waals surface area contributed by atoms with Gasteiger partial charge in [0, 0.05) is 4.47 Å². The maximum atomic E-state index is 10.9. The monoisotopic (exact) mass is 266 g/mol. The van der Waals surface area contributed by atoms with Crippen LogP contribution in [0.15, 0.2) is 16.6 Å². The van der Waals surface area contributed by atoms with Gasteiger partial charge in [0.25, 0.3) is 5.24 Å². The summed E-state index contributed by atoms with van der Waals surface area (Å²) in [4.78, 5) is 10.9. The average Bonchev–Trinajstić information content (AvgIpc) is 1.97. The van der Waals surface area contributed by atoms with E-state index in [0.717, 1.165) is 5.56 Å². The molecule has 0 fully saturated rings. The fraction of sp³-hybridized carbons (Fsp3) is 0.125. The van der Waals surface area contributed by atoms with E-state index < -0.39 is 5.24 Å². The van der Waals surface area contributed by atoms with Crippen LogP contribution in [0.25, 0.3) is 0 Å². The lowest BCUT2D eigenvalue weighted by molar-refractivity contribution is 0.108. The molecule has 1 nitrogen and oxygen atoms in total. The number of hydrogen-bond donors (Lipinski definition) is 0. The van der Waals surface area contributed by atoms with E-state index in [1.165, 1.54) is 0 Å². The second-order valence-electron chi connectivity index (χ2n) is 2.33. The summed E-state index contributed by atoms with van der Waals surface area (Å²) in [5.74, 6) is 0. The molecule has 0 radical (unpaired) electrons. The highest BCUT2D eigenvalue weighted by atomic mass is 79.9. The third-order valence-corrected chi connectivity index (χ3v) is 3.06. The minimum atomic E-state index is -0.498. The Morgan fingerprint density at radius 2 is 2.08 bits per heavy atom. The van der Waals surface area contributed by atoms with E-state index in [1.807, 2.05) is 0 Å². The fourth-order valence-corrected chi connectivity index (χ4v) is 2.03. The molecule has 0 unspecified atom stereocenters. The van der Waals surface area contributed by atoms with E-state index in [0.29, 0.717) is 15.1 Å². The molecule has 1 rings (SSSR count). The van der Waals surface area contributed by atoms with Crippen LogP contribution in [0, 0.1) is 6.92 Å². The highest BCUT2D eigenvalue weighted by Gasteiger charge is 2.12. The zero-order valence-electron chi connectivity index (χ0n) is 6.20. The fourth-order valence-electron chi connectivity index (χ4n) is 0.888. The average molecular weight is 268 g/mol. The third kappa shape index (κ3) is 1.82. The summed E-state index contributed by atoms with van der Waals surface area (Å²) in [5, 5.41) is -0.00789. The van der Waals surface area contributed by atoms with Crippen molar-refractivity contribution in [2.24, 2.45) is 0 Å². The number of aryl methyl sites for hydroxylation is 1. The Kier molecular flexibility index (Phi) is 3.16. The van der Waals surface area contributed by atoms with Gasteiger partial charge in [0.2, 0.25) is 0 Å². The lowest BCUT2D eigenvalue weighted by atomic mass is 10.1. The molecule has 0 N–H and O–H groups in total. The Labute approximate surface area is 88.8 Å². The molecule has 0 atom stereocenters. The SMILES string of the molecule is Cc1ccc(Cl)c(Br)c1C(=O)Cl. The standard InChI is InChI=1S/C8H5BrCl2O/c1-4-2-3-5(10)7(9)6(4)8(11)12/h2-3H,1H3. The Balaban J connectivity index is 3.43. The molecule has 0 bridgehead atoms. The zero-order chi connectivity index (χ0) is 9.30. The van der Waals surface area contributed by atoms with Crippen LogP contribution in [0.2, 0.25) is 5.02 Å². The molecular formula is C8H5BrCl2O. The molecule has 4 heteroatoms. The molecule has 0 heterocycles. The van der Waals surface area contributed by atoms with Gasteiger partial charge in [0.1, 0.15) is 0 Å². The van der Waals surface area contributed by atoms with Gasteiger partial charge in [-0.15, -0.1) is 0 Å². The highest BCUT2D eigenvalue weighted by Crippen LogP contribution is 2.29. The summed E-state index contributed by atoms with van der Waals surface area (Å²) in [5.41, 5.74) is 1.25. The topological polar surface area (TPSA) is 17.1 Å². The first-order valence-corrected chi connectivity index (χ1v) is 4.73. The smallest absolute Gasteiger partial charge is 0.253 e. The van der Waals surface area contributed by atoms with Crippen LogP contribution in [0.5, 0.6) is 0 Å². The number of rotatable bonds is 1. The van der Waals surface area contributed by atoms with Crippen LogP contribution in [-0.2, 0) is 0 Å². The van der Waals surface area contributed by atoms with Crippen molar-refractivity contribution in [3.05, 3.63) is 32.8 Å². The highest BCUT2D eigenvalue weighted by molar-refractivity contribution is 9.10. The summed E-state index contributed by atoms with van der Waals surface area (Å²) < 4.78 is 0.559. The molecule has 0 saturated carbocycles. The summed E-state index contributed by atoms with van der Waals surface area (Å²) in [6.45, 7) is 1.80. The molecule has 0 spiro atoms. The number of benzene rings is 1. The van der Waals surface area contributed by atoms with E-state index in [-0.39, 0.29) is 0 Å². The lowest BCUT2D eigenvalue weighted by Gasteiger charge is -2.04. The van der Waals surface area contributed by atoms with Gasteiger partial charge in [0.15, 0.2) is 0 Å². The number of carbonyl (C=O) groups is 1. The molecule has 0 amide bonds. The molecule has 0 saturated heterocycles. The van der Waals surface area contributed by atoms with Crippen molar-refractivity contribution < 1.29 is 4.79 Å². The van der Waals surface area contributed by atoms with Crippen molar-refractivity contribution in [3.8, 4) is 0 Å². The number of hydrogen-bond acceptors (Lipinski definition) is 1. The largest absolute Gasteiger partial charge is 0.276 e. The van der Waals surface area contributed by atoms with Gasteiger partial charge in [-0.1, -0.05) is 17.7 Å². The van der Waals surface area contributed by atoms with E-state index in [9.17, 15) is 4.79 Å². The van der Waals surface area contributed by atoms with Gasteiger partial charge in [-0.3, -0.25) is 4.79 Å². The molecule has 1 aromatic rings. The maximum Gasteiger partial charge on any atom is 0.253 e. The second-order valence-corrected chi connectivity index (χ2v) is 3.87. The van der Waals surface area contributed by atoms with Crippen molar-refractivity contribution in [2.75, 3.05) is 0 Å². The Hall–Kier alpha value is -0.0500. The van der Waals surface area contributed by atoms with Gasteiger partial charge in [-0.25, -0.2) is 0 Å². The molecule has 0 aliphatic rings. The zero-order valence-corrected chi connectivity index (χ0v) is 9.29. The van der Waals surface area contributed by atoms with Crippen molar-refractivity contribution in [1.29, 1.82) is 0 Å². The van der Waals surface area contributed by atoms with Crippen molar-refractivity contribution in [1.82, 2.24) is 0 Å². The third-order valence-electron chi connectivity index (χ3n) is 1.50. The van der Waals surface area contributed by atoms with Gasteiger partial charge in [-0.2, -0.15) is 0 Å². The van der Waals surface area contributed by atoms with Crippen LogP contribution in [0.1, 0.15) is 15.9 Å². The molecule has 1 aromatic carbocycles. The molecule has 12 heavy (non-hydrogen) atoms. The Morgan fingerprint density at radius 1 is 1.50 bits per heavy atom. The first-order valence-electron chi connectivity index (χ1n) is 3.18. The van der Waals surface area contributed by atoms with Crippen LogP contribution < -0.4 is 0 Å². The predicted molar refractivity (Wildman–Crippen MR) is 54.1 cm³/mol. The van der Waals surface area contributed by atoms with Crippen LogP contribution in [0.3, 0.4) is 0 Å². The maximum absolute atomic E-state index is 10.9. The van der Waals surface area contributed by atoms with Gasteiger partial charge < -0.3 is 0 Å². The summed E-state index contributed by atoms with van der Waals surface area (Å²) in [6, 6.07) is 3.47. The quantitative estimate of drug-likeness (QED) is 0.708. The summed E-state index contributed by atoms with van der Waals surface area (Å²) in [7, 11) is 0. The van der Waals surface area contributed by atoms with Crippen LogP contribution in [0.4, 0.5) is 0 Å². The van der Waals surface area contributed by atoms with Crippen LogP contribution >= 0.6 is 39.1 Å². The van der Waals surface area contributed by atoms with E-state index in [4.69, 9.17) is 23.2 Å². The number of carbonyl (C=O) groups excluding carboxylic acids is 1.